The zero-order valence-corrected chi connectivity index (χ0v) is 11.0. The highest BCUT2D eigenvalue weighted by atomic mass is 32.1. The summed E-state index contributed by atoms with van der Waals surface area (Å²) in [5.74, 6) is -0.441. The van der Waals surface area contributed by atoms with Gasteiger partial charge >= 0.3 is 5.97 Å². The van der Waals surface area contributed by atoms with Crippen LogP contribution < -0.4 is 5.32 Å². The summed E-state index contributed by atoms with van der Waals surface area (Å²) in [6.45, 7) is 2.64. The molecule has 0 unspecified atom stereocenters. The molecule has 0 spiro atoms. The number of aromatic nitrogens is 2. The largest absolute Gasteiger partial charge is 0.464 e. The van der Waals surface area contributed by atoms with Crippen molar-refractivity contribution in [2.45, 2.75) is 13.5 Å². The minimum absolute atomic E-state index is 0.290. The number of anilines is 1. The molecule has 5 nitrogen and oxygen atoms in total. The smallest absolute Gasteiger partial charge is 0.356 e. The SMILES string of the molecule is COC(=O)c1cc(NCc2ncc(C)s2)ccn1. The minimum atomic E-state index is -0.441. The molecule has 0 radical (unpaired) electrons. The molecule has 2 aromatic heterocycles. The molecule has 0 amide bonds. The first kappa shape index (κ1) is 12.5. The van der Waals surface area contributed by atoms with Crippen molar-refractivity contribution >= 4 is 23.0 Å². The van der Waals surface area contributed by atoms with Gasteiger partial charge in [-0.2, -0.15) is 0 Å². The van der Waals surface area contributed by atoms with E-state index in [0.717, 1.165) is 10.7 Å². The number of hydrogen-bond donors (Lipinski definition) is 1. The Kier molecular flexibility index (Phi) is 3.88. The van der Waals surface area contributed by atoms with E-state index in [9.17, 15) is 4.79 Å². The molecule has 6 heteroatoms. The number of ether oxygens (including phenoxy) is 1. The maximum atomic E-state index is 11.3. The van der Waals surface area contributed by atoms with Crippen LogP contribution in [0, 0.1) is 6.92 Å². The number of methoxy groups -OCH3 is 1. The van der Waals surface area contributed by atoms with E-state index in [4.69, 9.17) is 0 Å². The molecular formula is C12H13N3O2S. The van der Waals surface area contributed by atoms with E-state index in [0.29, 0.717) is 6.54 Å². The van der Waals surface area contributed by atoms with E-state index in [1.54, 1.807) is 29.7 Å². The number of carbonyl (C=O) groups is 1. The maximum Gasteiger partial charge on any atom is 0.356 e. The van der Waals surface area contributed by atoms with Crippen LogP contribution in [0.5, 0.6) is 0 Å². The second-order valence-corrected chi connectivity index (χ2v) is 4.96. The van der Waals surface area contributed by atoms with Crippen LogP contribution in [0.25, 0.3) is 0 Å². The van der Waals surface area contributed by atoms with E-state index in [1.165, 1.54) is 12.0 Å². The summed E-state index contributed by atoms with van der Waals surface area (Å²) in [5, 5.41) is 4.20. The van der Waals surface area contributed by atoms with Crippen LogP contribution in [0.2, 0.25) is 0 Å². The van der Waals surface area contributed by atoms with Gasteiger partial charge in [-0.1, -0.05) is 0 Å². The van der Waals surface area contributed by atoms with Gasteiger partial charge in [-0.15, -0.1) is 11.3 Å². The van der Waals surface area contributed by atoms with E-state index >= 15 is 0 Å². The van der Waals surface area contributed by atoms with Gasteiger partial charge in [0, 0.05) is 23.0 Å². The van der Waals surface area contributed by atoms with Crippen LogP contribution >= 0.6 is 11.3 Å². The number of pyridine rings is 1. The molecule has 18 heavy (non-hydrogen) atoms. The molecule has 0 aromatic carbocycles. The van der Waals surface area contributed by atoms with Crippen LogP contribution in [0.3, 0.4) is 0 Å². The van der Waals surface area contributed by atoms with Crippen molar-refractivity contribution in [1.29, 1.82) is 0 Å². The Balaban J connectivity index is 2.03. The summed E-state index contributed by atoms with van der Waals surface area (Å²) in [7, 11) is 1.34. The lowest BCUT2D eigenvalue weighted by molar-refractivity contribution is 0.0594. The molecule has 0 fully saturated rings. The van der Waals surface area contributed by atoms with E-state index in [1.807, 2.05) is 13.1 Å². The van der Waals surface area contributed by atoms with Gasteiger partial charge in [0.2, 0.25) is 0 Å². The topological polar surface area (TPSA) is 64.1 Å². The van der Waals surface area contributed by atoms with Gasteiger partial charge in [-0.05, 0) is 19.1 Å². The van der Waals surface area contributed by atoms with Crippen LogP contribution in [0.4, 0.5) is 5.69 Å². The molecule has 2 heterocycles. The summed E-state index contributed by atoms with van der Waals surface area (Å²) in [6, 6.07) is 3.46. The second-order valence-electron chi connectivity index (χ2n) is 3.64. The molecule has 0 aliphatic heterocycles. The molecule has 0 bridgehead atoms. The number of rotatable bonds is 4. The van der Waals surface area contributed by atoms with E-state index in [2.05, 4.69) is 20.0 Å². The molecule has 94 valence electrons. The average Bonchev–Trinajstić information content (AvgIpc) is 2.81. The van der Waals surface area contributed by atoms with Crippen molar-refractivity contribution < 1.29 is 9.53 Å². The molecule has 2 rings (SSSR count). The zero-order valence-electron chi connectivity index (χ0n) is 10.1. The van der Waals surface area contributed by atoms with Gasteiger partial charge in [0.05, 0.1) is 13.7 Å². The Bertz CT molecular complexity index is 554. The van der Waals surface area contributed by atoms with Crippen molar-refractivity contribution in [2.24, 2.45) is 0 Å². The van der Waals surface area contributed by atoms with E-state index < -0.39 is 5.97 Å². The Morgan fingerprint density at radius 2 is 2.33 bits per heavy atom. The Hall–Kier alpha value is -1.95. The number of nitrogens with one attached hydrogen (secondary N) is 1. The van der Waals surface area contributed by atoms with Crippen LogP contribution in [0.1, 0.15) is 20.4 Å². The molecule has 0 saturated heterocycles. The number of nitrogens with zero attached hydrogens (tertiary/aromatic N) is 2. The Labute approximate surface area is 109 Å². The predicted molar refractivity (Wildman–Crippen MR) is 69.8 cm³/mol. The van der Waals surface area contributed by atoms with Crippen LogP contribution in [0.15, 0.2) is 24.5 Å². The van der Waals surface area contributed by atoms with Crippen molar-refractivity contribution in [3.05, 3.63) is 40.1 Å². The van der Waals surface area contributed by atoms with E-state index in [-0.39, 0.29) is 5.69 Å². The highest BCUT2D eigenvalue weighted by Gasteiger charge is 2.07. The molecule has 0 saturated carbocycles. The fraction of sp³-hybridized carbons (Fsp3) is 0.250. The van der Waals surface area contributed by atoms with Gasteiger partial charge in [-0.25, -0.2) is 14.8 Å². The van der Waals surface area contributed by atoms with Crippen molar-refractivity contribution in [3.63, 3.8) is 0 Å². The lowest BCUT2D eigenvalue weighted by Gasteiger charge is -2.05. The van der Waals surface area contributed by atoms with Gasteiger partial charge in [0.1, 0.15) is 10.7 Å². The third kappa shape index (κ3) is 3.04. The van der Waals surface area contributed by atoms with Gasteiger partial charge in [-0.3, -0.25) is 0 Å². The average molecular weight is 263 g/mol. The lowest BCUT2D eigenvalue weighted by Crippen LogP contribution is -2.06. The van der Waals surface area contributed by atoms with Crippen molar-refractivity contribution in [3.8, 4) is 0 Å². The van der Waals surface area contributed by atoms with Gasteiger partial charge < -0.3 is 10.1 Å². The highest BCUT2D eigenvalue weighted by molar-refractivity contribution is 7.11. The number of esters is 1. The maximum absolute atomic E-state index is 11.3. The summed E-state index contributed by atoms with van der Waals surface area (Å²) in [4.78, 5) is 20.7. The molecule has 0 aliphatic carbocycles. The predicted octanol–water partition coefficient (Wildman–Crippen LogP) is 2.25. The van der Waals surface area contributed by atoms with Crippen molar-refractivity contribution in [1.82, 2.24) is 9.97 Å². The number of thiazole rings is 1. The third-order valence-corrected chi connectivity index (χ3v) is 3.18. The first-order chi connectivity index (χ1) is 8.69. The first-order valence-electron chi connectivity index (χ1n) is 5.38. The van der Waals surface area contributed by atoms with Gasteiger partial charge in [0.15, 0.2) is 0 Å². The Morgan fingerprint density at radius 3 is 3.00 bits per heavy atom. The third-order valence-electron chi connectivity index (χ3n) is 2.27. The van der Waals surface area contributed by atoms with Crippen molar-refractivity contribution in [2.75, 3.05) is 12.4 Å². The Morgan fingerprint density at radius 1 is 1.50 bits per heavy atom. The molecule has 0 aliphatic rings. The standard InChI is InChI=1S/C12H13N3O2S/c1-8-6-15-11(18-8)7-14-9-3-4-13-10(5-9)12(16)17-2/h3-6H,7H2,1-2H3,(H,13,14). The fourth-order valence-electron chi connectivity index (χ4n) is 1.42. The minimum Gasteiger partial charge on any atom is -0.464 e. The lowest BCUT2D eigenvalue weighted by atomic mass is 10.3. The molecular weight excluding hydrogens is 250 g/mol. The number of hydrogen-bond acceptors (Lipinski definition) is 6. The normalized spacial score (nSPS) is 10.1. The fourth-order valence-corrected chi connectivity index (χ4v) is 2.14. The first-order valence-corrected chi connectivity index (χ1v) is 6.20. The summed E-state index contributed by atoms with van der Waals surface area (Å²) in [5.41, 5.74) is 1.11. The second kappa shape index (κ2) is 5.59. The molecule has 0 atom stereocenters. The van der Waals surface area contributed by atoms with Crippen LogP contribution in [-0.4, -0.2) is 23.0 Å². The quantitative estimate of drug-likeness (QED) is 0.857. The highest BCUT2D eigenvalue weighted by Crippen LogP contribution is 2.14. The van der Waals surface area contributed by atoms with Crippen LogP contribution in [-0.2, 0) is 11.3 Å². The summed E-state index contributed by atoms with van der Waals surface area (Å²) < 4.78 is 4.62. The summed E-state index contributed by atoms with van der Waals surface area (Å²) >= 11 is 1.64. The summed E-state index contributed by atoms with van der Waals surface area (Å²) in [6.07, 6.45) is 3.41. The molecule has 1 N–H and O–H groups in total. The molecule has 2 aromatic rings. The number of aryl methyl sites for hydroxylation is 1. The zero-order chi connectivity index (χ0) is 13.0. The monoisotopic (exact) mass is 263 g/mol. The number of carbonyl (C=O) groups excluding carboxylic acids is 1. The van der Waals surface area contributed by atoms with Gasteiger partial charge in [0.25, 0.3) is 0 Å².